The van der Waals surface area contributed by atoms with Crippen LogP contribution in [0.3, 0.4) is 0 Å². The molecule has 2 aromatic rings. The smallest absolute Gasteiger partial charge is 0.227 e. The number of carbonyl (C=O) groups excluding carboxylic acids is 1. The summed E-state index contributed by atoms with van der Waals surface area (Å²) >= 11 is 0. The molecule has 1 N–H and O–H groups in total. The quantitative estimate of drug-likeness (QED) is 0.820. The average Bonchev–Trinajstić information content (AvgIpc) is 2.51. The van der Waals surface area contributed by atoms with E-state index in [2.05, 4.69) is 37.4 Å². The summed E-state index contributed by atoms with van der Waals surface area (Å²) in [5.41, 5.74) is 3.34. The number of para-hydroxylation sites is 1. The highest BCUT2D eigenvalue weighted by molar-refractivity contribution is 5.93. The van der Waals surface area contributed by atoms with E-state index in [-0.39, 0.29) is 11.8 Å². The first-order valence-corrected chi connectivity index (χ1v) is 7.67. The Morgan fingerprint density at radius 1 is 0.952 bits per heavy atom. The predicted molar refractivity (Wildman–Crippen MR) is 88.4 cm³/mol. The minimum absolute atomic E-state index is 0.0924. The molecule has 0 spiro atoms. The largest absolute Gasteiger partial charge is 0.326 e. The lowest BCUT2D eigenvalue weighted by Crippen LogP contribution is -2.22. The molecule has 110 valence electrons. The van der Waals surface area contributed by atoms with Crippen molar-refractivity contribution in [2.24, 2.45) is 5.92 Å². The Morgan fingerprint density at radius 3 is 2.24 bits per heavy atom. The molecule has 0 aromatic heterocycles. The summed E-state index contributed by atoms with van der Waals surface area (Å²) in [6, 6.07) is 18.4. The van der Waals surface area contributed by atoms with E-state index in [9.17, 15) is 4.79 Å². The van der Waals surface area contributed by atoms with Gasteiger partial charge < -0.3 is 5.32 Å². The van der Waals surface area contributed by atoms with Gasteiger partial charge in [0.05, 0.1) is 0 Å². The lowest BCUT2D eigenvalue weighted by molar-refractivity contribution is -0.120. The molecule has 0 aliphatic rings. The van der Waals surface area contributed by atoms with E-state index in [4.69, 9.17) is 0 Å². The number of amides is 1. The number of carbonyl (C=O) groups is 1. The van der Waals surface area contributed by atoms with E-state index in [1.807, 2.05) is 36.4 Å². The normalized spacial score (nSPS) is 10.6. The topological polar surface area (TPSA) is 29.1 Å². The van der Waals surface area contributed by atoms with Crippen molar-refractivity contribution in [2.75, 3.05) is 5.32 Å². The molecule has 0 aliphatic heterocycles. The zero-order valence-corrected chi connectivity index (χ0v) is 12.8. The summed E-state index contributed by atoms with van der Waals surface area (Å²) in [4.78, 5) is 12.3. The van der Waals surface area contributed by atoms with Crippen molar-refractivity contribution >= 4 is 11.6 Å². The maximum Gasteiger partial charge on any atom is 0.227 e. The van der Waals surface area contributed by atoms with E-state index in [1.54, 1.807) is 0 Å². The molecule has 0 saturated heterocycles. The number of rotatable bonds is 6. The van der Waals surface area contributed by atoms with Gasteiger partial charge >= 0.3 is 0 Å². The third-order valence-corrected chi connectivity index (χ3v) is 3.87. The van der Waals surface area contributed by atoms with Gasteiger partial charge in [0.1, 0.15) is 0 Å². The molecule has 0 aliphatic carbocycles. The molecular weight excluding hydrogens is 258 g/mol. The molecule has 0 atom stereocenters. The van der Waals surface area contributed by atoms with Crippen LogP contribution in [0.15, 0.2) is 54.6 Å². The molecule has 0 heterocycles. The second-order valence-corrected chi connectivity index (χ2v) is 5.32. The molecule has 2 aromatic carbocycles. The Balaban J connectivity index is 2.15. The van der Waals surface area contributed by atoms with Crippen LogP contribution in [0, 0.1) is 5.92 Å². The van der Waals surface area contributed by atoms with Crippen molar-refractivity contribution in [3.8, 4) is 0 Å². The van der Waals surface area contributed by atoms with Crippen LogP contribution in [-0.2, 0) is 11.2 Å². The summed E-state index contributed by atoms with van der Waals surface area (Å²) in [5.74, 6) is 0.218. The number of hydrogen-bond acceptors (Lipinski definition) is 1. The third kappa shape index (κ3) is 4.19. The predicted octanol–water partition coefficient (Wildman–Crippen LogP) is 4.65. The molecule has 0 fully saturated rings. The van der Waals surface area contributed by atoms with E-state index in [1.165, 1.54) is 5.56 Å². The Bertz CT molecular complexity index is 573. The fourth-order valence-corrected chi connectivity index (χ4v) is 2.51. The van der Waals surface area contributed by atoms with Crippen LogP contribution < -0.4 is 5.32 Å². The van der Waals surface area contributed by atoms with Crippen LogP contribution in [0.1, 0.15) is 37.8 Å². The third-order valence-electron chi connectivity index (χ3n) is 3.87. The van der Waals surface area contributed by atoms with Gasteiger partial charge in [0.15, 0.2) is 0 Å². The maximum atomic E-state index is 12.3. The SMILES string of the molecule is CCC(CC)C(=O)Nc1ccccc1Cc1ccccc1. The van der Waals surface area contributed by atoms with E-state index >= 15 is 0 Å². The minimum atomic E-state index is 0.0924. The van der Waals surface area contributed by atoms with Gasteiger partial charge in [-0.1, -0.05) is 62.4 Å². The van der Waals surface area contributed by atoms with Crippen LogP contribution in [0.5, 0.6) is 0 Å². The highest BCUT2D eigenvalue weighted by Gasteiger charge is 2.15. The molecule has 0 bridgehead atoms. The van der Waals surface area contributed by atoms with Crippen LogP contribution in [0.4, 0.5) is 5.69 Å². The Hall–Kier alpha value is -2.09. The average molecular weight is 281 g/mol. The van der Waals surface area contributed by atoms with Crippen molar-refractivity contribution in [1.29, 1.82) is 0 Å². The van der Waals surface area contributed by atoms with E-state index in [0.29, 0.717) is 0 Å². The van der Waals surface area contributed by atoms with Crippen LogP contribution in [0.25, 0.3) is 0 Å². The lowest BCUT2D eigenvalue weighted by atomic mass is 10.0. The van der Waals surface area contributed by atoms with Gasteiger partial charge in [-0.2, -0.15) is 0 Å². The first kappa shape index (κ1) is 15.3. The van der Waals surface area contributed by atoms with Crippen molar-refractivity contribution in [2.45, 2.75) is 33.1 Å². The van der Waals surface area contributed by atoms with Gasteiger partial charge in [-0.05, 0) is 36.5 Å². The van der Waals surface area contributed by atoms with Gasteiger partial charge in [0.2, 0.25) is 5.91 Å². The van der Waals surface area contributed by atoms with Crippen molar-refractivity contribution < 1.29 is 4.79 Å². The van der Waals surface area contributed by atoms with Crippen LogP contribution in [-0.4, -0.2) is 5.91 Å². The zero-order valence-electron chi connectivity index (χ0n) is 12.8. The minimum Gasteiger partial charge on any atom is -0.326 e. The van der Waals surface area contributed by atoms with Gasteiger partial charge in [0.25, 0.3) is 0 Å². The Kier molecular flexibility index (Phi) is 5.56. The number of benzene rings is 2. The van der Waals surface area contributed by atoms with E-state index in [0.717, 1.165) is 30.5 Å². The fourth-order valence-electron chi connectivity index (χ4n) is 2.51. The standard InChI is InChI=1S/C19H23NO/c1-3-16(4-2)19(21)20-18-13-9-8-12-17(18)14-15-10-6-5-7-11-15/h5-13,16H,3-4,14H2,1-2H3,(H,20,21). The van der Waals surface area contributed by atoms with Gasteiger partial charge in [-0.3, -0.25) is 4.79 Å². The second kappa shape index (κ2) is 7.63. The number of nitrogens with one attached hydrogen (secondary N) is 1. The molecule has 21 heavy (non-hydrogen) atoms. The zero-order chi connectivity index (χ0) is 15.1. The fraction of sp³-hybridized carbons (Fsp3) is 0.316. The first-order valence-electron chi connectivity index (χ1n) is 7.67. The van der Waals surface area contributed by atoms with Crippen molar-refractivity contribution in [1.82, 2.24) is 0 Å². The highest BCUT2D eigenvalue weighted by atomic mass is 16.1. The monoisotopic (exact) mass is 281 g/mol. The van der Waals surface area contributed by atoms with Crippen LogP contribution in [0.2, 0.25) is 0 Å². The summed E-state index contributed by atoms with van der Waals surface area (Å²) in [7, 11) is 0. The first-order chi connectivity index (χ1) is 10.2. The molecule has 0 saturated carbocycles. The second-order valence-electron chi connectivity index (χ2n) is 5.32. The van der Waals surface area contributed by atoms with Crippen molar-refractivity contribution in [3.63, 3.8) is 0 Å². The van der Waals surface area contributed by atoms with Gasteiger partial charge in [-0.25, -0.2) is 0 Å². The Morgan fingerprint density at radius 2 is 1.57 bits per heavy atom. The number of anilines is 1. The maximum absolute atomic E-state index is 12.3. The molecule has 2 heteroatoms. The number of hydrogen-bond donors (Lipinski definition) is 1. The molecule has 2 rings (SSSR count). The molecule has 0 unspecified atom stereocenters. The summed E-state index contributed by atoms with van der Waals surface area (Å²) < 4.78 is 0. The van der Waals surface area contributed by atoms with Gasteiger partial charge in [-0.15, -0.1) is 0 Å². The Labute approximate surface area is 127 Å². The highest BCUT2D eigenvalue weighted by Crippen LogP contribution is 2.21. The molecule has 1 amide bonds. The van der Waals surface area contributed by atoms with Crippen LogP contribution >= 0.6 is 0 Å². The van der Waals surface area contributed by atoms with Crippen molar-refractivity contribution in [3.05, 3.63) is 65.7 Å². The van der Waals surface area contributed by atoms with Gasteiger partial charge in [0, 0.05) is 11.6 Å². The summed E-state index contributed by atoms with van der Waals surface area (Å²) in [6.45, 7) is 4.12. The summed E-state index contributed by atoms with van der Waals surface area (Å²) in [6.07, 6.45) is 2.59. The summed E-state index contributed by atoms with van der Waals surface area (Å²) in [5, 5.41) is 3.09. The molecular formula is C19H23NO. The lowest BCUT2D eigenvalue weighted by Gasteiger charge is -2.15. The van der Waals surface area contributed by atoms with E-state index < -0.39 is 0 Å². The molecule has 0 radical (unpaired) electrons. The molecule has 2 nitrogen and oxygen atoms in total.